The van der Waals surface area contributed by atoms with Crippen LogP contribution in [0.5, 0.6) is 0 Å². The third-order valence-electron chi connectivity index (χ3n) is 3.73. The zero-order valence-electron chi connectivity index (χ0n) is 12.8. The fourth-order valence-electron chi connectivity index (χ4n) is 2.46. The summed E-state index contributed by atoms with van der Waals surface area (Å²) in [5.74, 6) is -6.34. The minimum Gasteiger partial charge on any atom is -0.481 e. The van der Waals surface area contributed by atoms with E-state index in [1.165, 1.54) is 6.92 Å². The second-order valence-electron chi connectivity index (χ2n) is 5.48. The molecule has 0 aromatic carbocycles. The first kappa shape index (κ1) is 18.7. The zero-order chi connectivity index (χ0) is 17.6. The van der Waals surface area contributed by atoms with Gasteiger partial charge in [-0.1, -0.05) is 6.58 Å². The van der Waals surface area contributed by atoms with E-state index in [2.05, 4.69) is 6.58 Å². The Balaban J connectivity index is 2.55. The molecule has 3 unspecified atom stereocenters. The van der Waals surface area contributed by atoms with E-state index in [1.807, 2.05) is 0 Å². The maximum atomic E-state index is 12.0. The van der Waals surface area contributed by atoms with Gasteiger partial charge in [0.25, 0.3) is 0 Å². The van der Waals surface area contributed by atoms with Gasteiger partial charge < -0.3 is 19.7 Å². The van der Waals surface area contributed by atoms with E-state index in [0.717, 1.165) is 0 Å². The number of carboxylic acids is 2. The quantitative estimate of drug-likeness (QED) is 0.400. The van der Waals surface area contributed by atoms with E-state index in [9.17, 15) is 19.2 Å². The normalized spacial score (nSPS) is 23.6. The van der Waals surface area contributed by atoms with Gasteiger partial charge in [-0.2, -0.15) is 0 Å². The average Bonchev–Trinajstić information content (AvgIpc) is 2.49. The fourth-order valence-corrected chi connectivity index (χ4v) is 2.46. The predicted octanol–water partition coefficient (Wildman–Crippen LogP) is 0.851. The maximum absolute atomic E-state index is 12.0. The minimum atomic E-state index is -1.15. The Bertz CT molecular complexity index is 510. The number of hydrogen-bond donors (Lipinski definition) is 2. The molecule has 1 rings (SSSR count). The fraction of sp³-hybridized carbons (Fsp3) is 0.600. The van der Waals surface area contributed by atoms with Crippen molar-refractivity contribution in [1.29, 1.82) is 0 Å². The van der Waals surface area contributed by atoms with Crippen LogP contribution in [0.1, 0.15) is 26.2 Å². The molecule has 2 N–H and O–H groups in total. The number of carboxylic acid groups (broad SMARTS) is 2. The van der Waals surface area contributed by atoms with Gasteiger partial charge in [0.15, 0.2) is 0 Å². The molecule has 0 aromatic heterocycles. The summed E-state index contributed by atoms with van der Waals surface area (Å²) >= 11 is 0. The number of hydrogen-bond acceptors (Lipinski definition) is 6. The Morgan fingerprint density at radius 3 is 2.13 bits per heavy atom. The Morgan fingerprint density at radius 2 is 1.61 bits per heavy atom. The lowest BCUT2D eigenvalue weighted by Crippen LogP contribution is -2.38. The van der Waals surface area contributed by atoms with Crippen molar-refractivity contribution in [3.8, 4) is 0 Å². The lowest BCUT2D eigenvalue weighted by atomic mass is 9.74. The minimum absolute atomic E-state index is 0.0727. The third kappa shape index (κ3) is 5.39. The van der Waals surface area contributed by atoms with Crippen molar-refractivity contribution in [3.63, 3.8) is 0 Å². The van der Waals surface area contributed by atoms with E-state index < -0.39 is 41.6 Å². The summed E-state index contributed by atoms with van der Waals surface area (Å²) < 4.78 is 9.67. The van der Waals surface area contributed by atoms with Crippen molar-refractivity contribution >= 4 is 23.9 Å². The van der Waals surface area contributed by atoms with E-state index in [0.29, 0.717) is 0 Å². The molecule has 1 saturated carbocycles. The van der Waals surface area contributed by atoms with Crippen LogP contribution in [-0.2, 0) is 28.7 Å². The smallest absolute Gasteiger partial charge is 0.333 e. The molecule has 8 heteroatoms. The molecule has 128 valence electrons. The van der Waals surface area contributed by atoms with Crippen molar-refractivity contribution in [2.24, 2.45) is 17.8 Å². The Kier molecular flexibility index (Phi) is 6.74. The van der Waals surface area contributed by atoms with Gasteiger partial charge in [-0.3, -0.25) is 14.4 Å². The van der Waals surface area contributed by atoms with Gasteiger partial charge in [-0.15, -0.1) is 0 Å². The first-order chi connectivity index (χ1) is 10.7. The monoisotopic (exact) mass is 328 g/mol. The number of rotatable bonds is 7. The first-order valence-electron chi connectivity index (χ1n) is 7.19. The number of carbonyl (C=O) groups is 4. The second kappa shape index (κ2) is 8.30. The van der Waals surface area contributed by atoms with Gasteiger partial charge >= 0.3 is 23.9 Å². The van der Waals surface area contributed by atoms with Crippen LogP contribution in [0.3, 0.4) is 0 Å². The number of carbonyl (C=O) groups excluding carboxylic acids is 2. The molecule has 0 aliphatic heterocycles. The summed E-state index contributed by atoms with van der Waals surface area (Å²) in [6, 6.07) is 0. The highest BCUT2D eigenvalue weighted by Gasteiger charge is 2.42. The number of aliphatic carboxylic acids is 2. The number of esters is 2. The highest BCUT2D eigenvalue weighted by Crippen LogP contribution is 2.35. The van der Waals surface area contributed by atoms with E-state index in [1.54, 1.807) is 0 Å². The molecular formula is C15H20O8. The van der Waals surface area contributed by atoms with Crippen LogP contribution >= 0.6 is 0 Å². The maximum Gasteiger partial charge on any atom is 0.333 e. The highest BCUT2D eigenvalue weighted by atomic mass is 16.6. The molecule has 0 radical (unpaired) electrons. The van der Waals surface area contributed by atoms with Gasteiger partial charge in [-0.25, -0.2) is 4.79 Å². The molecule has 3 atom stereocenters. The van der Waals surface area contributed by atoms with Crippen molar-refractivity contribution in [2.45, 2.75) is 26.2 Å². The van der Waals surface area contributed by atoms with Gasteiger partial charge in [0.1, 0.15) is 13.2 Å². The summed E-state index contributed by atoms with van der Waals surface area (Å²) in [4.78, 5) is 45.4. The molecule has 23 heavy (non-hydrogen) atoms. The van der Waals surface area contributed by atoms with Crippen LogP contribution in [0.2, 0.25) is 0 Å². The predicted molar refractivity (Wildman–Crippen MR) is 76.3 cm³/mol. The molecule has 8 nitrogen and oxygen atoms in total. The molecule has 0 aromatic rings. The lowest BCUT2D eigenvalue weighted by Gasteiger charge is -2.30. The molecule has 1 aliphatic rings. The van der Waals surface area contributed by atoms with Crippen LogP contribution in [-0.4, -0.2) is 47.3 Å². The van der Waals surface area contributed by atoms with Crippen molar-refractivity contribution < 1.29 is 38.9 Å². The SMILES string of the molecule is C=C(C)C(=O)OCCOC(=O)C1CC(C(=O)O)CCC1C(=O)O. The van der Waals surface area contributed by atoms with E-state index in [4.69, 9.17) is 19.7 Å². The van der Waals surface area contributed by atoms with Crippen molar-refractivity contribution in [3.05, 3.63) is 12.2 Å². The highest BCUT2D eigenvalue weighted by molar-refractivity contribution is 5.87. The second-order valence-corrected chi connectivity index (χ2v) is 5.48. The average molecular weight is 328 g/mol. The van der Waals surface area contributed by atoms with Crippen LogP contribution in [0.25, 0.3) is 0 Å². The molecular weight excluding hydrogens is 308 g/mol. The summed E-state index contributed by atoms with van der Waals surface area (Å²) in [7, 11) is 0. The van der Waals surface area contributed by atoms with Gasteiger partial charge in [-0.05, 0) is 26.2 Å². The van der Waals surface area contributed by atoms with Crippen molar-refractivity contribution in [1.82, 2.24) is 0 Å². The molecule has 1 fully saturated rings. The van der Waals surface area contributed by atoms with Crippen molar-refractivity contribution in [2.75, 3.05) is 13.2 Å². The Morgan fingerprint density at radius 1 is 1.00 bits per heavy atom. The topological polar surface area (TPSA) is 127 Å². The standard InChI is InChI=1S/C15H20O8/c1-8(2)14(20)22-5-6-23-15(21)11-7-9(12(16)17)3-4-10(11)13(18)19/h9-11H,1,3-7H2,2H3,(H,16,17)(H,18,19). The van der Waals surface area contributed by atoms with Gasteiger partial charge in [0, 0.05) is 5.57 Å². The molecule has 0 heterocycles. The summed E-state index contributed by atoms with van der Waals surface area (Å²) in [5.41, 5.74) is 0.207. The van der Waals surface area contributed by atoms with Crippen LogP contribution in [0, 0.1) is 17.8 Å². The third-order valence-corrected chi connectivity index (χ3v) is 3.73. The Labute approximate surface area is 133 Å². The van der Waals surface area contributed by atoms with Gasteiger partial charge in [0.05, 0.1) is 17.8 Å². The van der Waals surface area contributed by atoms with E-state index in [-0.39, 0.29) is 38.0 Å². The summed E-state index contributed by atoms with van der Waals surface area (Å²) in [6.45, 7) is 4.47. The van der Waals surface area contributed by atoms with Crippen LogP contribution in [0.15, 0.2) is 12.2 Å². The lowest BCUT2D eigenvalue weighted by molar-refractivity contribution is -0.164. The Hall–Kier alpha value is -2.38. The zero-order valence-corrected chi connectivity index (χ0v) is 12.8. The summed E-state index contributed by atoms with van der Waals surface area (Å²) in [5, 5.41) is 18.2. The molecule has 0 saturated heterocycles. The molecule has 0 amide bonds. The molecule has 0 spiro atoms. The number of ether oxygens (including phenoxy) is 2. The van der Waals surface area contributed by atoms with Gasteiger partial charge in [0.2, 0.25) is 0 Å². The van der Waals surface area contributed by atoms with Crippen LogP contribution < -0.4 is 0 Å². The van der Waals surface area contributed by atoms with E-state index >= 15 is 0 Å². The van der Waals surface area contributed by atoms with Crippen LogP contribution in [0.4, 0.5) is 0 Å². The molecule has 1 aliphatic carbocycles. The summed E-state index contributed by atoms with van der Waals surface area (Å²) in [6.07, 6.45) is 0.250. The molecule has 0 bridgehead atoms. The largest absolute Gasteiger partial charge is 0.481 e. The first-order valence-corrected chi connectivity index (χ1v) is 7.19.